The Kier molecular flexibility index (Phi) is 3.35. The molecule has 2 N–H and O–H groups in total. The maximum Gasteiger partial charge on any atom is 0.240 e. The number of nitrogen functional groups attached to an aromatic ring is 1. The van der Waals surface area contributed by atoms with Gasteiger partial charge in [-0.05, 0) is 37.5 Å². The molecular formula is C15H20N2O2. The number of imide groups is 1. The standard InChI is InChI=1S/C15H20N2O2/c1-4-15(5-2)9-13(18)17(14(15)19)12-8-10(3)6-7-11(12)16/h6-8H,4-5,9,16H2,1-3H3. The van der Waals surface area contributed by atoms with E-state index in [9.17, 15) is 9.59 Å². The minimum Gasteiger partial charge on any atom is -0.397 e. The van der Waals surface area contributed by atoms with Crippen molar-refractivity contribution in [3.63, 3.8) is 0 Å². The third-order valence-corrected chi connectivity index (χ3v) is 4.18. The van der Waals surface area contributed by atoms with E-state index in [2.05, 4.69) is 0 Å². The van der Waals surface area contributed by atoms with Crippen LogP contribution in [0.15, 0.2) is 18.2 Å². The van der Waals surface area contributed by atoms with Gasteiger partial charge in [0, 0.05) is 6.42 Å². The first kappa shape index (κ1) is 13.6. The molecule has 0 radical (unpaired) electrons. The van der Waals surface area contributed by atoms with Crippen molar-refractivity contribution < 1.29 is 9.59 Å². The summed E-state index contributed by atoms with van der Waals surface area (Å²) in [6.45, 7) is 5.83. The van der Waals surface area contributed by atoms with E-state index >= 15 is 0 Å². The molecule has 2 amide bonds. The maximum absolute atomic E-state index is 12.6. The van der Waals surface area contributed by atoms with E-state index < -0.39 is 5.41 Å². The first-order valence-electron chi connectivity index (χ1n) is 6.68. The second-order valence-corrected chi connectivity index (χ2v) is 5.26. The van der Waals surface area contributed by atoms with E-state index in [1.807, 2.05) is 26.8 Å². The first-order chi connectivity index (χ1) is 8.95. The largest absolute Gasteiger partial charge is 0.397 e. The maximum atomic E-state index is 12.6. The van der Waals surface area contributed by atoms with Gasteiger partial charge in [0.2, 0.25) is 11.8 Å². The lowest BCUT2D eigenvalue weighted by Gasteiger charge is -2.24. The lowest BCUT2D eigenvalue weighted by Crippen LogP contribution is -2.35. The number of benzene rings is 1. The number of amides is 2. The number of nitrogens with two attached hydrogens (primary N) is 1. The van der Waals surface area contributed by atoms with Crippen LogP contribution in [0.2, 0.25) is 0 Å². The summed E-state index contributed by atoms with van der Waals surface area (Å²) in [5.41, 5.74) is 7.35. The lowest BCUT2D eigenvalue weighted by atomic mass is 9.81. The summed E-state index contributed by atoms with van der Waals surface area (Å²) in [6, 6.07) is 5.41. The number of carbonyl (C=O) groups excluding carboxylic acids is 2. The predicted molar refractivity (Wildman–Crippen MR) is 75.7 cm³/mol. The van der Waals surface area contributed by atoms with E-state index in [4.69, 9.17) is 5.73 Å². The van der Waals surface area contributed by atoms with E-state index in [1.54, 1.807) is 12.1 Å². The molecule has 0 aliphatic carbocycles. The Labute approximate surface area is 113 Å². The molecule has 1 aromatic carbocycles. The van der Waals surface area contributed by atoms with Gasteiger partial charge in [-0.2, -0.15) is 0 Å². The van der Waals surface area contributed by atoms with Crippen LogP contribution in [0, 0.1) is 12.3 Å². The van der Waals surface area contributed by atoms with Crippen LogP contribution >= 0.6 is 0 Å². The molecule has 1 aliphatic rings. The topological polar surface area (TPSA) is 63.4 Å². The lowest BCUT2D eigenvalue weighted by molar-refractivity contribution is -0.126. The molecule has 1 fully saturated rings. The summed E-state index contributed by atoms with van der Waals surface area (Å²) < 4.78 is 0. The minimum atomic E-state index is -0.548. The first-order valence-corrected chi connectivity index (χ1v) is 6.68. The van der Waals surface area contributed by atoms with Gasteiger partial charge in [-0.1, -0.05) is 19.9 Å². The van der Waals surface area contributed by atoms with Gasteiger partial charge in [-0.25, -0.2) is 4.90 Å². The van der Waals surface area contributed by atoms with Crippen LogP contribution in [-0.2, 0) is 9.59 Å². The van der Waals surface area contributed by atoms with Crippen molar-refractivity contribution >= 4 is 23.2 Å². The number of rotatable bonds is 3. The molecular weight excluding hydrogens is 240 g/mol. The number of carbonyl (C=O) groups is 2. The Morgan fingerprint density at radius 1 is 1.26 bits per heavy atom. The zero-order chi connectivity index (χ0) is 14.2. The number of nitrogens with zero attached hydrogens (tertiary/aromatic N) is 1. The van der Waals surface area contributed by atoms with Gasteiger partial charge >= 0.3 is 0 Å². The Bertz CT molecular complexity index is 533. The van der Waals surface area contributed by atoms with Gasteiger partial charge in [0.15, 0.2) is 0 Å². The normalized spacial score (nSPS) is 18.2. The second kappa shape index (κ2) is 4.68. The Morgan fingerprint density at radius 2 is 1.89 bits per heavy atom. The Balaban J connectivity index is 2.49. The van der Waals surface area contributed by atoms with Crippen LogP contribution in [0.1, 0.15) is 38.7 Å². The summed E-state index contributed by atoms with van der Waals surface area (Å²) in [5.74, 6) is -0.259. The molecule has 1 heterocycles. The predicted octanol–water partition coefficient (Wildman–Crippen LogP) is 2.65. The summed E-state index contributed by atoms with van der Waals surface area (Å²) in [5, 5.41) is 0. The third kappa shape index (κ3) is 2.01. The molecule has 4 nitrogen and oxygen atoms in total. The molecule has 0 atom stereocenters. The van der Waals surface area contributed by atoms with Crippen molar-refractivity contribution in [3.8, 4) is 0 Å². The van der Waals surface area contributed by atoms with Gasteiger partial charge in [-0.15, -0.1) is 0 Å². The molecule has 0 saturated carbocycles. The molecule has 0 unspecified atom stereocenters. The molecule has 0 spiro atoms. The molecule has 1 aromatic rings. The van der Waals surface area contributed by atoms with Crippen LogP contribution in [-0.4, -0.2) is 11.8 Å². The quantitative estimate of drug-likeness (QED) is 0.671. The van der Waals surface area contributed by atoms with Gasteiger partial charge < -0.3 is 5.73 Å². The summed E-state index contributed by atoms with van der Waals surface area (Å²) in [4.78, 5) is 26.1. The average molecular weight is 260 g/mol. The zero-order valence-electron chi connectivity index (χ0n) is 11.7. The van der Waals surface area contributed by atoms with Crippen molar-refractivity contribution in [2.75, 3.05) is 10.6 Å². The van der Waals surface area contributed by atoms with Crippen molar-refractivity contribution in [1.29, 1.82) is 0 Å². The fraction of sp³-hybridized carbons (Fsp3) is 0.467. The highest BCUT2D eigenvalue weighted by Gasteiger charge is 2.50. The molecule has 19 heavy (non-hydrogen) atoms. The van der Waals surface area contributed by atoms with Gasteiger partial charge in [0.05, 0.1) is 16.8 Å². The molecule has 1 saturated heterocycles. The van der Waals surface area contributed by atoms with Gasteiger partial charge in [0.1, 0.15) is 0 Å². The minimum absolute atomic E-state index is 0.111. The summed E-state index contributed by atoms with van der Waals surface area (Å²) in [6.07, 6.45) is 1.64. The van der Waals surface area contributed by atoms with Crippen LogP contribution in [0.4, 0.5) is 11.4 Å². The van der Waals surface area contributed by atoms with Crippen molar-refractivity contribution in [2.24, 2.45) is 5.41 Å². The van der Waals surface area contributed by atoms with Gasteiger partial charge in [0.25, 0.3) is 0 Å². The fourth-order valence-corrected chi connectivity index (χ4v) is 2.69. The number of anilines is 2. The van der Waals surface area contributed by atoms with E-state index in [0.29, 0.717) is 24.2 Å². The zero-order valence-corrected chi connectivity index (χ0v) is 11.7. The molecule has 102 valence electrons. The molecule has 4 heteroatoms. The third-order valence-electron chi connectivity index (χ3n) is 4.18. The van der Waals surface area contributed by atoms with Crippen molar-refractivity contribution in [2.45, 2.75) is 40.0 Å². The van der Waals surface area contributed by atoms with Crippen LogP contribution < -0.4 is 10.6 Å². The Hall–Kier alpha value is -1.84. The number of hydrogen-bond donors (Lipinski definition) is 1. The SMILES string of the molecule is CCC1(CC)CC(=O)N(c2cc(C)ccc2N)C1=O. The molecule has 2 rings (SSSR count). The molecule has 0 aromatic heterocycles. The summed E-state index contributed by atoms with van der Waals surface area (Å²) in [7, 11) is 0. The smallest absolute Gasteiger partial charge is 0.240 e. The van der Waals surface area contributed by atoms with Crippen LogP contribution in [0.5, 0.6) is 0 Å². The Morgan fingerprint density at radius 3 is 2.42 bits per heavy atom. The monoisotopic (exact) mass is 260 g/mol. The highest BCUT2D eigenvalue weighted by Crippen LogP contribution is 2.42. The van der Waals surface area contributed by atoms with Gasteiger partial charge in [-0.3, -0.25) is 9.59 Å². The highest BCUT2D eigenvalue weighted by atomic mass is 16.2. The highest BCUT2D eigenvalue weighted by molar-refractivity contribution is 6.23. The average Bonchev–Trinajstić information content (AvgIpc) is 2.64. The van der Waals surface area contributed by atoms with E-state index in [-0.39, 0.29) is 18.2 Å². The van der Waals surface area contributed by atoms with Crippen LogP contribution in [0.3, 0.4) is 0 Å². The summed E-state index contributed by atoms with van der Waals surface area (Å²) >= 11 is 0. The fourth-order valence-electron chi connectivity index (χ4n) is 2.69. The van der Waals surface area contributed by atoms with E-state index in [1.165, 1.54) is 4.90 Å². The van der Waals surface area contributed by atoms with Crippen LogP contribution in [0.25, 0.3) is 0 Å². The second-order valence-electron chi connectivity index (χ2n) is 5.26. The molecule has 1 aliphatic heterocycles. The van der Waals surface area contributed by atoms with Crippen molar-refractivity contribution in [1.82, 2.24) is 0 Å². The van der Waals surface area contributed by atoms with E-state index in [0.717, 1.165) is 5.56 Å². The number of aryl methyl sites for hydroxylation is 1. The van der Waals surface area contributed by atoms with Crippen molar-refractivity contribution in [3.05, 3.63) is 23.8 Å². The molecule has 0 bridgehead atoms. The number of hydrogen-bond acceptors (Lipinski definition) is 3.